The van der Waals surface area contributed by atoms with E-state index in [4.69, 9.17) is 14.1 Å². The molecule has 3 heterocycles. The monoisotopic (exact) mass is 458 g/mol. The molecule has 7 nitrogen and oxygen atoms in total. The summed E-state index contributed by atoms with van der Waals surface area (Å²) in [5, 5.41) is 12.3. The Bertz CT molecular complexity index is 1420. The first kappa shape index (κ1) is 21.1. The molecule has 0 spiro atoms. The number of hydrogen-bond acceptors (Lipinski definition) is 6. The lowest BCUT2D eigenvalue weighted by Gasteiger charge is -2.28. The molecular formula is C27H26N2O5. The lowest BCUT2D eigenvalue weighted by molar-refractivity contribution is -0.147. The predicted octanol–water partition coefficient (Wildman–Crippen LogP) is 4.12. The molecule has 0 radical (unpaired) electrons. The number of para-hydroxylation sites is 1. The summed E-state index contributed by atoms with van der Waals surface area (Å²) in [4.78, 5) is 33.4. The van der Waals surface area contributed by atoms with Gasteiger partial charge in [0.15, 0.2) is 11.9 Å². The van der Waals surface area contributed by atoms with E-state index in [9.17, 15) is 14.7 Å². The van der Waals surface area contributed by atoms with Gasteiger partial charge in [0.25, 0.3) is 11.8 Å². The fourth-order valence-electron chi connectivity index (χ4n) is 5.53. The summed E-state index contributed by atoms with van der Waals surface area (Å²) < 4.78 is 12.4. The summed E-state index contributed by atoms with van der Waals surface area (Å²) in [6, 6.07) is 12.5. The van der Waals surface area contributed by atoms with Gasteiger partial charge in [0.2, 0.25) is 11.0 Å². The van der Waals surface area contributed by atoms with Crippen LogP contribution in [0.4, 0.5) is 5.69 Å². The zero-order chi connectivity index (χ0) is 23.6. The van der Waals surface area contributed by atoms with Gasteiger partial charge in [-0.3, -0.25) is 9.59 Å². The standard InChI is InChI=1S/C27H26N2O5/c1-15-12-13-20-17(14-15)22(30)21-23(33-20)25(28-16-8-4-3-5-9-16)34-24(21)27(32)18-10-6-7-11-19(18)29(2)26(27)31/h6-7,10-14,16,24,32H,3-5,8-9H2,1-2H3/t24-,27-/m0/s1. The van der Waals surface area contributed by atoms with E-state index in [0.717, 1.165) is 31.2 Å². The minimum Gasteiger partial charge on any atom is -0.463 e. The van der Waals surface area contributed by atoms with Crippen molar-refractivity contribution in [2.24, 2.45) is 4.99 Å². The number of carbonyl (C=O) groups is 1. The van der Waals surface area contributed by atoms with Crippen LogP contribution in [0, 0.1) is 6.92 Å². The molecule has 34 heavy (non-hydrogen) atoms. The Balaban J connectivity index is 1.59. The Morgan fingerprint density at radius 2 is 1.85 bits per heavy atom. The molecule has 3 aliphatic rings. The number of aliphatic hydroxyl groups is 1. The third-order valence-electron chi connectivity index (χ3n) is 7.33. The maximum atomic E-state index is 13.8. The lowest BCUT2D eigenvalue weighted by Crippen LogP contribution is -2.44. The average Bonchev–Trinajstić information content (AvgIpc) is 3.31. The Labute approximate surface area is 196 Å². The number of aryl methyl sites for hydroxylation is 1. The molecule has 1 fully saturated rings. The van der Waals surface area contributed by atoms with Crippen molar-refractivity contribution in [1.82, 2.24) is 0 Å². The maximum absolute atomic E-state index is 13.8. The van der Waals surface area contributed by atoms with Crippen LogP contribution >= 0.6 is 0 Å². The van der Waals surface area contributed by atoms with E-state index < -0.39 is 17.6 Å². The zero-order valence-corrected chi connectivity index (χ0v) is 19.2. The van der Waals surface area contributed by atoms with Gasteiger partial charge >= 0.3 is 0 Å². The minimum atomic E-state index is -2.07. The molecule has 0 saturated heterocycles. The first-order valence-corrected chi connectivity index (χ1v) is 11.8. The fourth-order valence-corrected chi connectivity index (χ4v) is 5.53. The smallest absolute Gasteiger partial charge is 0.267 e. The molecule has 7 heteroatoms. The van der Waals surface area contributed by atoms with Crippen LogP contribution in [0.3, 0.4) is 0 Å². The molecule has 2 atom stereocenters. The third-order valence-corrected chi connectivity index (χ3v) is 7.33. The lowest BCUT2D eigenvalue weighted by atomic mass is 9.85. The highest BCUT2D eigenvalue weighted by atomic mass is 16.5. The van der Waals surface area contributed by atoms with Crippen molar-refractivity contribution in [3.63, 3.8) is 0 Å². The molecule has 1 saturated carbocycles. The van der Waals surface area contributed by atoms with E-state index >= 15 is 0 Å². The number of hydrogen-bond donors (Lipinski definition) is 1. The topological polar surface area (TPSA) is 92.3 Å². The number of amides is 1. The highest BCUT2D eigenvalue weighted by Gasteiger charge is 2.60. The zero-order valence-electron chi connectivity index (χ0n) is 19.2. The van der Waals surface area contributed by atoms with Crippen molar-refractivity contribution in [3.05, 3.63) is 75.1 Å². The average molecular weight is 459 g/mol. The summed E-state index contributed by atoms with van der Waals surface area (Å²) in [7, 11) is 1.61. The number of anilines is 1. The Hall–Kier alpha value is -3.45. The van der Waals surface area contributed by atoms with E-state index in [1.807, 2.05) is 13.0 Å². The predicted molar refractivity (Wildman–Crippen MR) is 128 cm³/mol. The Morgan fingerprint density at radius 1 is 1.09 bits per heavy atom. The van der Waals surface area contributed by atoms with Crippen molar-refractivity contribution in [2.75, 3.05) is 11.9 Å². The first-order chi connectivity index (χ1) is 16.4. The largest absolute Gasteiger partial charge is 0.463 e. The summed E-state index contributed by atoms with van der Waals surface area (Å²) in [6.07, 6.45) is 3.94. The number of benzene rings is 2. The molecule has 6 rings (SSSR count). The molecule has 1 aliphatic carbocycles. The summed E-state index contributed by atoms with van der Waals surface area (Å²) >= 11 is 0. The quantitative estimate of drug-likeness (QED) is 0.624. The second-order valence-electron chi connectivity index (χ2n) is 9.55. The van der Waals surface area contributed by atoms with E-state index in [0.29, 0.717) is 22.2 Å². The van der Waals surface area contributed by atoms with Crippen LogP contribution in [0.5, 0.6) is 0 Å². The van der Waals surface area contributed by atoms with E-state index in [-0.39, 0.29) is 28.7 Å². The van der Waals surface area contributed by atoms with Crippen LogP contribution in [0.1, 0.15) is 60.7 Å². The van der Waals surface area contributed by atoms with Gasteiger partial charge in [-0.15, -0.1) is 0 Å². The second kappa shape index (κ2) is 7.53. The maximum Gasteiger partial charge on any atom is 0.267 e. The minimum absolute atomic E-state index is 0.0539. The van der Waals surface area contributed by atoms with Crippen molar-refractivity contribution < 1.29 is 19.1 Å². The van der Waals surface area contributed by atoms with Gasteiger partial charge in [-0.1, -0.05) is 49.1 Å². The number of likely N-dealkylation sites (N-methyl/N-ethyl adjacent to an activating group) is 1. The van der Waals surface area contributed by atoms with Crippen LogP contribution in [-0.4, -0.2) is 30.0 Å². The van der Waals surface area contributed by atoms with Crippen LogP contribution in [0.15, 0.2) is 56.7 Å². The van der Waals surface area contributed by atoms with Gasteiger partial charge < -0.3 is 19.2 Å². The van der Waals surface area contributed by atoms with Crippen molar-refractivity contribution in [2.45, 2.75) is 56.8 Å². The number of aliphatic imine (C=N–C) groups is 1. The van der Waals surface area contributed by atoms with Gasteiger partial charge in [0.1, 0.15) is 5.58 Å². The van der Waals surface area contributed by atoms with E-state index in [2.05, 4.69) is 0 Å². The number of carbonyl (C=O) groups excluding carboxylic acids is 1. The van der Waals surface area contributed by atoms with Crippen LogP contribution < -0.4 is 10.3 Å². The summed E-state index contributed by atoms with van der Waals surface area (Å²) in [5.41, 5.74) is 0.0840. The fraction of sp³-hybridized carbons (Fsp3) is 0.370. The molecule has 2 aromatic carbocycles. The Morgan fingerprint density at radius 3 is 2.65 bits per heavy atom. The molecular weight excluding hydrogens is 432 g/mol. The number of fused-ring (bicyclic) bond motifs is 3. The molecule has 3 aromatic rings. The van der Waals surface area contributed by atoms with E-state index in [1.165, 1.54) is 11.3 Å². The Kier molecular flexibility index (Phi) is 4.68. The molecule has 2 aliphatic heterocycles. The van der Waals surface area contributed by atoms with Crippen molar-refractivity contribution in [1.29, 1.82) is 0 Å². The normalized spacial score (nSPS) is 25.6. The molecule has 0 unspecified atom stereocenters. The highest BCUT2D eigenvalue weighted by Crippen LogP contribution is 2.51. The molecule has 0 bridgehead atoms. The number of nitrogens with zero attached hydrogens (tertiary/aromatic N) is 2. The van der Waals surface area contributed by atoms with Gasteiger partial charge in [0, 0.05) is 12.6 Å². The number of ether oxygens (including phenoxy) is 1. The number of rotatable bonds is 2. The molecule has 1 aromatic heterocycles. The summed E-state index contributed by atoms with van der Waals surface area (Å²) in [6.45, 7) is 1.90. The SMILES string of the molecule is Cc1ccc2oc3c(c(=O)c2c1)[C@@H]([C@]1(O)C(=O)N(C)c2ccccc21)OC3=NC1CCCCC1. The van der Waals surface area contributed by atoms with Gasteiger partial charge in [-0.2, -0.15) is 0 Å². The summed E-state index contributed by atoms with van der Waals surface area (Å²) in [5.74, 6) is -0.141. The third kappa shape index (κ3) is 2.89. The first-order valence-electron chi connectivity index (χ1n) is 11.8. The van der Waals surface area contributed by atoms with Crippen molar-refractivity contribution >= 4 is 28.5 Å². The van der Waals surface area contributed by atoms with Crippen LogP contribution in [0.25, 0.3) is 11.0 Å². The van der Waals surface area contributed by atoms with Gasteiger partial charge in [-0.25, -0.2) is 4.99 Å². The van der Waals surface area contributed by atoms with Gasteiger partial charge in [0.05, 0.1) is 22.7 Å². The second-order valence-corrected chi connectivity index (χ2v) is 9.55. The van der Waals surface area contributed by atoms with Gasteiger partial charge in [-0.05, 0) is 38.0 Å². The molecule has 174 valence electrons. The van der Waals surface area contributed by atoms with Crippen molar-refractivity contribution in [3.8, 4) is 0 Å². The van der Waals surface area contributed by atoms with E-state index in [1.54, 1.807) is 43.4 Å². The highest BCUT2D eigenvalue weighted by molar-refractivity contribution is 6.08. The van der Waals surface area contributed by atoms with Crippen LogP contribution in [0.2, 0.25) is 0 Å². The molecule has 1 N–H and O–H groups in total. The van der Waals surface area contributed by atoms with Crippen LogP contribution in [-0.2, 0) is 15.1 Å². The molecule has 1 amide bonds.